The first-order chi connectivity index (χ1) is 4.06. The van der Waals surface area contributed by atoms with Gasteiger partial charge in [-0.25, -0.2) is 4.89 Å². The standard InChI is InChI=1S/C4H7F3O2/c5-4(6,7)2-1-3-9-8/h8H,1-3H2. The van der Waals surface area contributed by atoms with Crippen molar-refractivity contribution in [3.63, 3.8) is 0 Å². The Morgan fingerprint density at radius 2 is 1.89 bits per heavy atom. The highest BCUT2D eigenvalue weighted by atomic mass is 19.4. The van der Waals surface area contributed by atoms with Gasteiger partial charge in [0, 0.05) is 6.42 Å². The van der Waals surface area contributed by atoms with Crippen LogP contribution in [0.5, 0.6) is 0 Å². The fraction of sp³-hybridized carbons (Fsp3) is 1.00. The van der Waals surface area contributed by atoms with Gasteiger partial charge in [0.05, 0.1) is 6.61 Å². The molecule has 0 aromatic carbocycles. The molecule has 0 aliphatic heterocycles. The summed E-state index contributed by atoms with van der Waals surface area (Å²) in [5.41, 5.74) is 0. The van der Waals surface area contributed by atoms with Gasteiger partial charge >= 0.3 is 6.18 Å². The summed E-state index contributed by atoms with van der Waals surface area (Å²) >= 11 is 0. The SMILES string of the molecule is OOCCCC(F)(F)F. The van der Waals surface area contributed by atoms with Crippen molar-refractivity contribution >= 4 is 0 Å². The smallest absolute Gasteiger partial charge is 0.252 e. The van der Waals surface area contributed by atoms with Crippen LogP contribution >= 0.6 is 0 Å². The van der Waals surface area contributed by atoms with E-state index in [2.05, 4.69) is 4.89 Å². The number of hydrogen-bond acceptors (Lipinski definition) is 2. The molecule has 56 valence electrons. The van der Waals surface area contributed by atoms with Gasteiger partial charge in [0.15, 0.2) is 0 Å². The Morgan fingerprint density at radius 1 is 1.33 bits per heavy atom. The van der Waals surface area contributed by atoms with E-state index in [9.17, 15) is 13.2 Å². The van der Waals surface area contributed by atoms with E-state index in [0.717, 1.165) is 0 Å². The molecule has 0 amide bonds. The van der Waals surface area contributed by atoms with E-state index in [1.54, 1.807) is 0 Å². The van der Waals surface area contributed by atoms with Crippen LogP contribution < -0.4 is 0 Å². The Bertz CT molecular complexity index is 70.7. The Labute approximate surface area is 50.2 Å². The van der Waals surface area contributed by atoms with Gasteiger partial charge in [0.25, 0.3) is 0 Å². The van der Waals surface area contributed by atoms with Crippen molar-refractivity contribution in [3.8, 4) is 0 Å². The zero-order chi connectivity index (χ0) is 7.33. The Hall–Kier alpha value is -0.290. The first kappa shape index (κ1) is 8.71. The van der Waals surface area contributed by atoms with Gasteiger partial charge in [-0.2, -0.15) is 13.2 Å². The van der Waals surface area contributed by atoms with E-state index in [0.29, 0.717) is 0 Å². The molecule has 2 nitrogen and oxygen atoms in total. The van der Waals surface area contributed by atoms with Crippen LogP contribution in [0, 0.1) is 0 Å². The predicted molar refractivity (Wildman–Crippen MR) is 23.9 cm³/mol. The van der Waals surface area contributed by atoms with Crippen LogP contribution in [0.2, 0.25) is 0 Å². The topological polar surface area (TPSA) is 29.5 Å². The summed E-state index contributed by atoms with van der Waals surface area (Å²) in [5, 5.41) is 7.60. The molecule has 0 atom stereocenters. The molecule has 0 aliphatic rings. The Balaban J connectivity index is 3.07. The quantitative estimate of drug-likeness (QED) is 0.372. The highest BCUT2D eigenvalue weighted by Crippen LogP contribution is 2.20. The summed E-state index contributed by atoms with van der Waals surface area (Å²) in [4.78, 5) is 3.44. The van der Waals surface area contributed by atoms with E-state index in [1.165, 1.54) is 0 Å². The normalized spacial score (nSPS) is 12.0. The lowest BCUT2D eigenvalue weighted by Crippen LogP contribution is -2.08. The number of hydrogen-bond donors (Lipinski definition) is 1. The van der Waals surface area contributed by atoms with Crippen molar-refractivity contribution in [2.75, 3.05) is 6.61 Å². The molecule has 5 heteroatoms. The number of halogens is 3. The van der Waals surface area contributed by atoms with Gasteiger partial charge < -0.3 is 0 Å². The third-order valence-electron chi connectivity index (χ3n) is 0.696. The minimum Gasteiger partial charge on any atom is -0.252 e. The minimum atomic E-state index is -4.14. The first-order valence-corrected chi connectivity index (χ1v) is 2.39. The van der Waals surface area contributed by atoms with Crippen LogP contribution in [0.15, 0.2) is 0 Å². The lowest BCUT2D eigenvalue weighted by Gasteiger charge is -2.02. The highest BCUT2D eigenvalue weighted by Gasteiger charge is 2.25. The van der Waals surface area contributed by atoms with Crippen molar-refractivity contribution < 1.29 is 23.3 Å². The fourth-order valence-corrected chi connectivity index (χ4v) is 0.337. The lowest BCUT2D eigenvalue weighted by molar-refractivity contribution is -0.246. The van der Waals surface area contributed by atoms with Crippen molar-refractivity contribution in [2.24, 2.45) is 0 Å². The molecule has 0 fully saturated rings. The third-order valence-corrected chi connectivity index (χ3v) is 0.696. The Kier molecular flexibility index (Phi) is 3.56. The molecule has 0 bridgehead atoms. The second kappa shape index (κ2) is 3.68. The van der Waals surface area contributed by atoms with Crippen LogP contribution in [0.25, 0.3) is 0 Å². The van der Waals surface area contributed by atoms with E-state index in [-0.39, 0.29) is 13.0 Å². The van der Waals surface area contributed by atoms with Gasteiger partial charge in [0.2, 0.25) is 0 Å². The molecule has 0 rings (SSSR count). The van der Waals surface area contributed by atoms with Crippen LogP contribution in [-0.2, 0) is 4.89 Å². The largest absolute Gasteiger partial charge is 0.389 e. The second-order valence-electron chi connectivity index (χ2n) is 1.55. The zero-order valence-electron chi connectivity index (χ0n) is 4.61. The summed E-state index contributed by atoms with van der Waals surface area (Å²) in [7, 11) is 0. The fourth-order valence-electron chi connectivity index (χ4n) is 0.337. The molecular formula is C4H7F3O2. The van der Waals surface area contributed by atoms with Gasteiger partial charge in [-0.05, 0) is 6.42 Å². The summed E-state index contributed by atoms with van der Waals surface area (Å²) in [5.74, 6) is 0. The molecule has 0 radical (unpaired) electrons. The average molecular weight is 144 g/mol. The molecular weight excluding hydrogens is 137 g/mol. The lowest BCUT2D eigenvalue weighted by atomic mass is 10.3. The number of rotatable bonds is 3. The molecule has 0 unspecified atom stereocenters. The van der Waals surface area contributed by atoms with Crippen LogP contribution in [0.1, 0.15) is 12.8 Å². The monoisotopic (exact) mass is 144 g/mol. The molecule has 0 aromatic rings. The number of alkyl halides is 3. The molecule has 0 heterocycles. The molecule has 1 N–H and O–H groups in total. The molecule has 9 heavy (non-hydrogen) atoms. The molecule has 0 aliphatic carbocycles. The summed E-state index contributed by atoms with van der Waals surface area (Å²) in [6.45, 7) is -0.264. The third kappa shape index (κ3) is 7.71. The maximum atomic E-state index is 11.2. The maximum Gasteiger partial charge on any atom is 0.389 e. The van der Waals surface area contributed by atoms with Crippen LogP contribution in [-0.4, -0.2) is 18.0 Å². The minimum absolute atomic E-state index is 0.194. The van der Waals surface area contributed by atoms with Crippen molar-refractivity contribution in [1.82, 2.24) is 0 Å². The van der Waals surface area contributed by atoms with Gasteiger partial charge in [0.1, 0.15) is 0 Å². The predicted octanol–water partition coefficient (Wildman–Crippen LogP) is 1.82. The molecule has 0 saturated carbocycles. The van der Waals surface area contributed by atoms with E-state index < -0.39 is 12.6 Å². The van der Waals surface area contributed by atoms with E-state index in [1.807, 2.05) is 0 Å². The van der Waals surface area contributed by atoms with E-state index in [4.69, 9.17) is 5.26 Å². The van der Waals surface area contributed by atoms with E-state index >= 15 is 0 Å². The van der Waals surface area contributed by atoms with Crippen LogP contribution in [0.3, 0.4) is 0 Å². The van der Waals surface area contributed by atoms with Crippen LogP contribution in [0.4, 0.5) is 13.2 Å². The molecule has 0 aromatic heterocycles. The first-order valence-electron chi connectivity index (χ1n) is 2.39. The highest BCUT2D eigenvalue weighted by molar-refractivity contribution is 4.48. The van der Waals surface area contributed by atoms with Crippen molar-refractivity contribution in [1.29, 1.82) is 0 Å². The van der Waals surface area contributed by atoms with Crippen molar-refractivity contribution in [2.45, 2.75) is 19.0 Å². The van der Waals surface area contributed by atoms with Gasteiger partial charge in [-0.1, -0.05) is 0 Å². The summed E-state index contributed by atoms with van der Waals surface area (Å²) in [6.07, 6.45) is -5.24. The molecule has 0 spiro atoms. The average Bonchev–Trinajstić information content (AvgIpc) is 1.63. The summed E-state index contributed by atoms with van der Waals surface area (Å²) in [6, 6.07) is 0. The van der Waals surface area contributed by atoms with Gasteiger partial charge in [-0.3, -0.25) is 5.26 Å². The van der Waals surface area contributed by atoms with Crippen molar-refractivity contribution in [3.05, 3.63) is 0 Å². The second-order valence-corrected chi connectivity index (χ2v) is 1.55. The van der Waals surface area contributed by atoms with Gasteiger partial charge in [-0.15, -0.1) is 0 Å². The summed E-state index contributed by atoms with van der Waals surface area (Å²) < 4.78 is 33.7. The zero-order valence-corrected chi connectivity index (χ0v) is 4.61. The maximum absolute atomic E-state index is 11.2. The molecule has 0 saturated heterocycles. The Morgan fingerprint density at radius 3 is 2.22 bits per heavy atom.